The maximum absolute atomic E-state index is 9.99. The molecule has 2 aromatic carbocycles. The first kappa shape index (κ1) is 21.4. The Morgan fingerprint density at radius 3 is 1.62 bits per heavy atom. The van der Waals surface area contributed by atoms with Crippen molar-refractivity contribution < 1.29 is 5.11 Å². The Labute approximate surface area is 183 Å². The van der Waals surface area contributed by atoms with E-state index in [-0.39, 0.29) is 11.3 Å². The normalized spacial score (nSPS) is 14.2. The third-order valence-corrected chi connectivity index (χ3v) is 8.83. The van der Waals surface area contributed by atoms with Crippen LogP contribution in [0, 0.1) is 0 Å². The van der Waals surface area contributed by atoms with E-state index in [9.17, 15) is 5.11 Å². The zero-order valence-electron chi connectivity index (χ0n) is 11.3. The van der Waals surface area contributed by atoms with Gasteiger partial charge in [0.1, 0.15) is 5.75 Å². The highest BCUT2D eigenvalue weighted by molar-refractivity contribution is 6.80. The lowest BCUT2D eigenvalue weighted by atomic mass is 9.98. The second-order valence-corrected chi connectivity index (χ2v) is 11.2. The number of hydrogen-bond acceptors (Lipinski definition) is 1. The molecule has 132 valence electrons. The fraction of sp³-hybridized carbons (Fsp3) is 0.286. The molecule has 1 N–H and O–H groups in total. The summed E-state index contributed by atoms with van der Waals surface area (Å²) in [5, 5.41) is 10.9. The molecule has 2 rings (SSSR count). The first-order chi connectivity index (χ1) is 10.7. The first-order valence-corrected chi connectivity index (χ1v) is 9.56. The topological polar surface area (TPSA) is 20.2 Å². The van der Waals surface area contributed by atoms with E-state index in [1.54, 1.807) is 24.3 Å². The molecule has 0 aliphatic rings. The van der Waals surface area contributed by atoms with Crippen LogP contribution in [0.3, 0.4) is 0 Å². The Balaban J connectivity index is 2.74. The maximum atomic E-state index is 9.99. The van der Waals surface area contributed by atoms with Crippen molar-refractivity contribution in [2.45, 2.75) is 16.8 Å². The summed E-state index contributed by atoms with van der Waals surface area (Å²) in [6, 6.07) is 9.56. The van der Waals surface area contributed by atoms with Gasteiger partial charge in [-0.25, -0.2) is 0 Å². The van der Waals surface area contributed by atoms with Crippen LogP contribution >= 0.6 is 104 Å². The number of rotatable bonds is 3. The minimum atomic E-state index is -2.38. The molecule has 0 aliphatic carbocycles. The monoisotopic (exact) mass is 506 g/mol. The fourth-order valence-corrected chi connectivity index (χ4v) is 4.39. The molecule has 24 heavy (non-hydrogen) atoms. The Morgan fingerprint density at radius 1 is 0.625 bits per heavy atom. The zero-order chi connectivity index (χ0) is 18.6. The molecule has 0 unspecified atom stereocenters. The SMILES string of the molecule is Oc1ccc(C(Cl)(Cl)C(Cl)(Cl)C(Cl)(Cl)C(Cl)(Cl)Cl)c2ccccc12. The Hall–Kier alpha value is 1.11. The molecule has 0 saturated heterocycles. The molecule has 0 atom stereocenters. The van der Waals surface area contributed by atoms with E-state index in [0.29, 0.717) is 10.8 Å². The van der Waals surface area contributed by atoms with Crippen LogP contribution in [-0.2, 0) is 4.33 Å². The summed E-state index contributed by atoms with van der Waals surface area (Å²) in [5.41, 5.74) is 0.226. The molecular weight excluding hydrogens is 503 g/mol. The predicted octanol–water partition coefficient (Wildman–Crippen LogP) is 7.89. The summed E-state index contributed by atoms with van der Waals surface area (Å²) in [5.74, 6) is 0.0117. The van der Waals surface area contributed by atoms with Crippen LogP contribution in [0.1, 0.15) is 5.56 Å². The minimum Gasteiger partial charge on any atom is -0.507 e. The van der Waals surface area contributed by atoms with Gasteiger partial charge in [0.05, 0.1) is 0 Å². The Bertz CT molecular complexity index is 764. The van der Waals surface area contributed by atoms with E-state index in [2.05, 4.69) is 0 Å². The molecule has 0 fully saturated rings. The van der Waals surface area contributed by atoms with Gasteiger partial charge in [0.2, 0.25) is 8.13 Å². The summed E-state index contributed by atoms with van der Waals surface area (Å²) >= 11 is 55.1. The van der Waals surface area contributed by atoms with Gasteiger partial charge in [0.15, 0.2) is 8.67 Å². The summed E-state index contributed by atoms with van der Waals surface area (Å²) in [4.78, 5) is 0. The average Bonchev–Trinajstić information content (AvgIpc) is 2.46. The van der Waals surface area contributed by atoms with E-state index < -0.39 is 16.8 Å². The highest BCUT2D eigenvalue weighted by atomic mass is 35.6. The lowest BCUT2D eigenvalue weighted by molar-refractivity contribution is 0.481. The van der Waals surface area contributed by atoms with Gasteiger partial charge in [-0.15, -0.1) is 0 Å². The van der Waals surface area contributed by atoms with Crippen LogP contribution in [0.4, 0.5) is 0 Å². The molecule has 0 spiro atoms. The first-order valence-electron chi connectivity index (χ1n) is 6.16. The van der Waals surface area contributed by atoms with E-state index >= 15 is 0 Å². The molecule has 0 aliphatic heterocycles. The van der Waals surface area contributed by atoms with Crippen molar-refractivity contribution in [3.63, 3.8) is 0 Å². The third-order valence-electron chi connectivity index (χ3n) is 3.38. The van der Waals surface area contributed by atoms with Crippen molar-refractivity contribution >= 4 is 115 Å². The van der Waals surface area contributed by atoms with Crippen LogP contribution in [0.15, 0.2) is 36.4 Å². The minimum absolute atomic E-state index is 0.0117. The molecule has 2 aromatic rings. The number of fused-ring (bicyclic) bond motifs is 1. The third kappa shape index (κ3) is 3.35. The van der Waals surface area contributed by atoms with Crippen LogP contribution in [0.25, 0.3) is 10.8 Å². The second-order valence-electron chi connectivity index (χ2n) is 4.90. The van der Waals surface area contributed by atoms with E-state index in [1.807, 2.05) is 0 Å². The zero-order valence-corrected chi connectivity index (χ0v) is 18.1. The van der Waals surface area contributed by atoms with Crippen LogP contribution in [-0.4, -0.2) is 17.6 Å². The molecule has 0 bridgehead atoms. The molecule has 0 radical (unpaired) electrons. The molecule has 0 amide bonds. The van der Waals surface area contributed by atoms with Crippen molar-refractivity contribution in [1.29, 1.82) is 0 Å². The highest BCUT2D eigenvalue weighted by Gasteiger charge is 2.68. The molecular formula is C14H7Cl9O. The fourth-order valence-electron chi connectivity index (χ4n) is 2.10. The molecule has 1 nitrogen and oxygen atoms in total. The largest absolute Gasteiger partial charge is 0.507 e. The van der Waals surface area contributed by atoms with Gasteiger partial charge in [-0.05, 0) is 17.0 Å². The van der Waals surface area contributed by atoms with Crippen LogP contribution in [0.5, 0.6) is 5.75 Å². The highest BCUT2D eigenvalue weighted by Crippen LogP contribution is 2.65. The van der Waals surface area contributed by atoms with Crippen molar-refractivity contribution in [1.82, 2.24) is 0 Å². The van der Waals surface area contributed by atoms with Crippen molar-refractivity contribution in [3.05, 3.63) is 42.0 Å². The van der Waals surface area contributed by atoms with Gasteiger partial charge in [-0.3, -0.25) is 0 Å². The van der Waals surface area contributed by atoms with Gasteiger partial charge in [0, 0.05) is 5.39 Å². The van der Waals surface area contributed by atoms with E-state index in [0.717, 1.165) is 0 Å². The second kappa shape index (κ2) is 6.93. The summed E-state index contributed by atoms with van der Waals surface area (Å²) in [6.07, 6.45) is 0. The summed E-state index contributed by atoms with van der Waals surface area (Å²) in [6.45, 7) is 0. The Morgan fingerprint density at radius 2 is 1.12 bits per heavy atom. The molecule has 10 heteroatoms. The van der Waals surface area contributed by atoms with Crippen molar-refractivity contribution in [2.75, 3.05) is 0 Å². The van der Waals surface area contributed by atoms with E-state index in [1.165, 1.54) is 12.1 Å². The number of alkyl halides is 9. The molecule has 0 saturated carbocycles. The molecule has 0 heterocycles. The summed E-state index contributed by atoms with van der Waals surface area (Å²) in [7, 11) is 0. The van der Waals surface area contributed by atoms with Gasteiger partial charge >= 0.3 is 0 Å². The predicted molar refractivity (Wildman–Crippen MR) is 108 cm³/mol. The Kier molecular flexibility index (Phi) is 6.18. The van der Waals surface area contributed by atoms with Gasteiger partial charge in [-0.1, -0.05) is 135 Å². The number of aromatic hydroxyl groups is 1. The number of phenolic OH excluding ortho intramolecular Hbond substituents is 1. The van der Waals surface area contributed by atoms with Crippen LogP contribution < -0.4 is 0 Å². The van der Waals surface area contributed by atoms with Gasteiger partial charge < -0.3 is 5.11 Å². The van der Waals surface area contributed by atoms with Gasteiger partial charge in [0.25, 0.3) is 0 Å². The van der Waals surface area contributed by atoms with Crippen molar-refractivity contribution in [3.8, 4) is 5.75 Å². The number of benzene rings is 2. The average molecular weight is 510 g/mol. The standard InChI is InChI=1S/C14H7Cl9O/c15-11(16,12(17,18)13(19,20)14(21,22)23)9-5-6-10(24)8-4-2-1-3-7(8)9/h1-6,24H. The quantitative estimate of drug-likeness (QED) is 0.417. The smallest absolute Gasteiger partial charge is 0.226 e. The van der Waals surface area contributed by atoms with Gasteiger partial charge in [-0.2, -0.15) is 0 Å². The van der Waals surface area contributed by atoms with E-state index in [4.69, 9.17) is 104 Å². The number of hydrogen-bond donors (Lipinski definition) is 1. The molecule has 0 aromatic heterocycles. The summed E-state index contributed by atoms with van der Waals surface area (Å²) < 4.78 is -9.13. The van der Waals surface area contributed by atoms with Crippen LogP contribution in [0.2, 0.25) is 0 Å². The lowest BCUT2D eigenvalue weighted by Crippen LogP contribution is -2.54. The van der Waals surface area contributed by atoms with Crippen molar-refractivity contribution in [2.24, 2.45) is 0 Å². The lowest BCUT2D eigenvalue weighted by Gasteiger charge is -2.44. The number of phenols is 1. The number of halogens is 9. The maximum Gasteiger partial charge on any atom is 0.226 e.